The van der Waals surface area contributed by atoms with Crippen LogP contribution >= 0.6 is 0 Å². The van der Waals surface area contributed by atoms with E-state index in [-0.39, 0.29) is 86.7 Å². The molecule has 2 radical (unpaired) electrons. The first kappa shape index (κ1) is 39.8. The number of aromatic hydroxyl groups is 2. The summed E-state index contributed by atoms with van der Waals surface area (Å²) in [6, 6.07) is 25.9. The first-order chi connectivity index (χ1) is 22.8. The van der Waals surface area contributed by atoms with Gasteiger partial charge in [0.05, 0.1) is 22.0 Å². The predicted molar refractivity (Wildman–Crippen MR) is 190 cm³/mol. The Morgan fingerprint density at radius 1 is 0.560 bits per heavy atom. The number of hydrogen-bond donors (Lipinski definition) is 4. The number of fused-ring (bicyclic) bond motifs is 1. The fraction of sp³-hybridized carbons (Fsp3) is 0.176. The van der Waals surface area contributed by atoms with Gasteiger partial charge in [0.15, 0.2) is 0 Å². The van der Waals surface area contributed by atoms with Crippen LogP contribution in [0.2, 0.25) is 0 Å². The zero-order valence-corrected chi connectivity index (χ0v) is 32.9. The number of hydrogen-bond acceptors (Lipinski definition) is 10. The number of phenols is 2. The van der Waals surface area contributed by atoms with Crippen molar-refractivity contribution in [3.8, 4) is 11.5 Å². The summed E-state index contributed by atoms with van der Waals surface area (Å²) < 4.78 is 67.3. The molecule has 16 heteroatoms. The van der Waals surface area contributed by atoms with Gasteiger partial charge in [0.1, 0.15) is 22.1 Å². The minimum atomic E-state index is -5.01. The molecule has 1 fully saturated rings. The van der Waals surface area contributed by atoms with Gasteiger partial charge in [0.2, 0.25) is 0 Å². The van der Waals surface area contributed by atoms with Gasteiger partial charge in [-0.15, -0.1) is 5.11 Å². The van der Waals surface area contributed by atoms with Crippen LogP contribution < -0.4 is 0 Å². The Balaban J connectivity index is 0.00000281. The standard InChI is InChI=1S/C34H30N4O8S2.2Na/c39-28-15-13-27(14-16-28)36-35-25-9-5-23(6-10-25)34(18-2-1-3-19-34)24-7-11-26(12-8-24)37-38-33-30(40)17-4-22-20-29(47(41,42)43)21-31(32(22)33)48(44,45)46;;/h4-17,20-21,39-40H,1-3,18-19H2,(H,41,42,43)(H,44,45,46);;. The Kier molecular flexibility index (Phi) is 12.8. The second kappa shape index (κ2) is 16.1. The van der Waals surface area contributed by atoms with E-state index in [1.807, 2.05) is 24.3 Å². The van der Waals surface area contributed by atoms with Gasteiger partial charge in [-0.3, -0.25) is 9.11 Å². The van der Waals surface area contributed by atoms with Crippen molar-refractivity contribution in [3.05, 3.63) is 108 Å². The van der Waals surface area contributed by atoms with E-state index in [0.29, 0.717) is 23.1 Å². The van der Waals surface area contributed by atoms with Crippen LogP contribution in [0, 0.1) is 0 Å². The van der Waals surface area contributed by atoms with Crippen LogP contribution in [0.1, 0.15) is 43.2 Å². The van der Waals surface area contributed by atoms with Crippen LogP contribution in [0.3, 0.4) is 0 Å². The molecule has 0 spiro atoms. The molecule has 0 saturated heterocycles. The number of azo groups is 2. The average Bonchev–Trinajstić information content (AvgIpc) is 3.07. The van der Waals surface area contributed by atoms with Crippen molar-refractivity contribution in [1.82, 2.24) is 0 Å². The number of benzene rings is 5. The van der Waals surface area contributed by atoms with Crippen molar-refractivity contribution >= 4 is 113 Å². The Bertz CT molecular complexity index is 2280. The molecule has 0 bridgehead atoms. The van der Waals surface area contributed by atoms with Crippen molar-refractivity contribution in [2.45, 2.75) is 47.3 Å². The van der Waals surface area contributed by atoms with E-state index in [2.05, 4.69) is 32.6 Å². The summed E-state index contributed by atoms with van der Waals surface area (Å²) in [5.41, 5.74) is 3.38. The van der Waals surface area contributed by atoms with Crippen LogP contribution in [-0.4, -0.2) is 95.3 Å². The summed E-state index contributed by atoms with van der Waals surface area (Å²) in [5.74, 6) is -0.302. The van der Waals surface area contributed by atoms with E-state index in [1.54, 1.807) is 36.4 Å². The van der Waals surface area contributed by atoms with Gasteiger partial charge in [0, 0.05) is 69.9 Å². The maximum Gasteiger partial charge on any atom is 0.295 e. The molecule has 12 nitrogen and oxygen atoms in total. The quantitative estimate of drug-likeness (QED) is 0.0697. The van der Waals surface area contributed by atoms with Gasteiger partial charge in [-0.05, 0) is 96.1 Å². The molecule has 5 aromatic rings. The normalized spacial score (nSPS) is 14.8. The maximum absolute atomic E-state index is 12.2. The minimum absolute atomic E-state index is 0. The number of phenolic OH excluding ortho intramolecular Hbond substituents is 2. The molecule has 5 aromatic carbocycles. The molecule has 6 rings (SSSR count). The molecule has 0 unspecified atom stereocenters. The minimum Gasteiger partial charge on any atom is -0.508 e. The van der Waals surface area contributed by atoms with E-state index in [1.165, 1.54) is 12.1 Å². The molecule has 0 heterocycles. The van der Waals surface area contributed by atoms with Crippen molar-refractivity contribution in [1.29, 1.82) is 0 Å². The molecule has 0 atom stereocenters. The third-order valence-corrected chi connectivity index (χ3v) is 10.2. The third kappa shape index (κ3) is 8.70. The molecule has 0 aromatic heterocycles. The Morgan fingerprint density at radius 3 is 1.52 bits per heavy atom. The van der Waals surface area contributed by atoms with Crippen LogP contribution in [-0.2, 0) is 25.7 Å². The summed E-state index contributed by atoms with van der Waals surface area (Å²) >= 11 is 0. The van der Waals surface area contributed by atoms with Crippen molar-refractivity contribution < 1.29 is 36.2 Å². The van der Waals surface area contributed by atoms with Gasteiger partial charge >= 0.3 is 0 Å². The molecule has 1 saturated carbocycles. The topological polar surface area (TPSA) is 199 Å². The fourth-order valence-electron chi connectivity index (χ4n) is 6.16. The summed E-state index contributed by atoms with van der Waals surface area (Å²) in [5, 5.41) is 36.6. The second-order valence-electron chi connectivity index (χ2n) is 11.6. The first-order valence-electron chi connectivity index (χ1n) is 14.9. The summed E-state index contributed by atoms with van der Waals surface area (Å²) in [7, 11) is -9.83. The zero-order valence-electron chi connectivity index (χ0n) is 27.3. The third-order valence-electron chi connectivity index (χ3n) is 8.53. The molecule has 0 amide bonds. The Morgan fingerprint density at radius 2 is 1.04 bits per heavy atom. The number of nitrogens with zero attached hydrogens (tertiary/aromatic N) is 4. The summed E-state index contributed by atoms with van der Waals surface area (Å²) in [6.45, 7) is 0. The van der Waals surface area contributed by atoms with E-state index in [4.69, 9.17) is 0 Å². The second-order valence-corrected chi connectivity index (χ2v) is 14.4. The summed E-state index contributed by atoms with van der Waals surface area (Å²) in [4.78, 5) is -1.61. The van der Waals surface area contributed by atoms with E-state index >= 15 is 0 Å². The smallest absolute Gasteiger partial charge is 0.295 e. The van der Waals surface area contributed by atoms with Gasteiger partial charge in [-0.1, -0.05) is 49.6 Å². The molecule has 1 aliphatic carbocycles. The van der Waals surface area contributed by atoms with Gasteiger partial charge in [-0.25, -0.2) is 0 Å². The Hall–Kier alpha value is -3.02. The molecule has 248 valence electrons. The molecule has 4 N–H and O–H groups in total. The SMILES string of the molecule is O=S(=O)(O)c1cc(S(=O)(=O)O)c2c(N=Nc3ccc(C4(c5ccc(N=Nc6ccc(O)cc6)cc5)CCCCC4)cc3)c(O)ccc2c1.[Na].[Na]. The zero-order chi connectivity index (χ0) is 34.1. The molecular formula is C34H30N4Na2O8S2. The van der Waals surface area contributed by atoms with E-state index in [9.17, 15) is 36.2 Å². The molecule has 1 aliphatic rings. The predicted octanol–water partition coefficient (Wildman–Crippen LogP) is 8.06. The molecular weight excluding hydrogens is 703 g/mol. The van der Waals surface area contributed by atoms with Crippen LogP contribution in [0.25, 0.3) is 10.8 Å². The number of rotatable bonds is 8. The van der Waals surface area contributed by atoms with Crippen LogP contribution in [0.4, 0.5) is 22.7 Å². The largest absolute Gasteiger partial charge is 0.508 e. The van der Waals surface area contributed by atoms with Crippen LogP contribution in [0.5, 0.6) is 11.5 Å². The molecule has 50 heavy (non-hydrogen) atoms. The van der Waals surface area contributed by atoms with E-state index in [0.717, 1.165) is 49.3 Å². The monoisotopic (exact) mass is 732 g/mol. The fourth-order valence-corrected chi connectivity index (χ4v) is 7.53. The van der Waals surface area contributed by atoms with Crippen molar-refractivity contribution in [2.75, 3.05) is 0 Å². The van der Waals surface area contributed by atoms with Crippen molar-refractivity contribution in [2.24, 2.45) is 20.5 Å². The maximum atomic E-state index is 12.2. The van der Waals surface area contributed by atoms with Gasteiger partial charge in [-0.2, -0.15) is 32.2 Å². The van der Waals surface area contributed by atoms with E-state index < -0.39 is 35.8 Å². The average molecular weight is 733 g/mol. The van der Waals surface area contributed by atoms with Crippen molar-refractivity contribution in [3.63, 3.8) is 0 Å². The van der Waals surface area contributed by atoms with Crippen LogP contribution in [0.15, 0.2) is 127 Å². The molecule has 0 aliphatic heterocycles. The first-order valence-corrected chi connectivity index (χ1v) is 17.8. The Labute approximate surface area is 333 Å². The van der Waals surface area contributed by atoms with Gasteiger partial charge in [0.25, 0.3) is 20.2 Å². The van der Waals surface area contributed by atoms with Gasteiger partial charge < -0.3 is 10.2 Å². The summed E-state index contributed by atoms with van der Waals surface area (Å²) in [6.07, 6.45) is 5.13.